The number of rotatable bonds is 6. The van der Waals surface area contributed by atoms with Crippen molar-refractivity contribution in [2.45, 2.75) is 13.3 Å². The molecule has 0 radical (unpaired) electrons. The molecule has 5 aromatic rings. The van der Waals surface area contributed by atoms with Gasteiger partial charge in [0.1, 0.15) is 23.3 Å². The number of hydrogen-bond acceptors (Lipinski definition) is 7. The van der Waals surface area contributed by atoms with Gasteiger partial charge in [-0.1, -0.05) is 12.7 Å². The molecule has 1 N–H and O–H groups in total. The quantitative estimate of drug-likeness (QED) is 0.295. The summed E-state index contributed by atoms with van der Waals surface area (Å²) in [6.45, 7) is 6.78. The summed E-state index contributed by atoms with van der Waals surface area (Å²) >= 11 is 0. The molecule has 0 aliphatic carbocycles. The molecule has 1 aliphatic heterocycles. The third kappa shape index (κ3) is 4.82. The molecule has 0 bridgehead atoms. The van der Waals surface area contributed by atoms with Crippen LogP contribution in [0.1, 0.15) is 17.7 Å². The van der Waals surface area contributed by atoms with Gasteiger partial charge in [0.15, 0.2) is 5.82 Å². The SMILES string of the molecule is C=CC(=O)N1CCC=C(c2ccc3ncnc(Nc4ccc(Oc5ccc6c(c5)ncn6C)c(C)c4)c3n2)C1. The molecule has 9 nitrogen and oxygen atoms in total. The molecular weight excluding hydrogens is 490 g/mol. The van der Waals surface area contributed by atoms with Crippen LogP contribution in [0.4, 0.5) is 11.5 Å². The molecule has 1 aliphatic rings. The fourth-order valence-electron chi connectivity index (χ4n) is 4.74. The van der Waals surface area contributed by atoms with Gasteiger partial charge in [-0.3, -0.25) is 4.79 Å². The third-order valence-electron chi connectivity index (χ3n) is 6.81. The minimum atomic E-state index is -0.0767. The van der Waals surface area contributed by atoms with Crippen molar-refractivity contribution in [1.29, 1.82) is 0 Å². The standard InChI is InChI=1S/C30H27N7O2/c1-4-28(38)37-13-5-6-20(16-37)23-9-10-24-29(35-23)30(32-17-31-24)34-21-7-12-27(19(2)14-21)39-22-8-11-26-25(15-22)33-18-36(26)3/h4,6-12,14-15,17-18H,1,5,13,16H2,2-3H3,(H,31,32,34). The number of carbonyl (C=O) groups excluding carboxylic acids is 1. The molecule has 6 rings (SSSR count). The van der Waals surface area contributed by atoms with E-state index in [-0.39, 0.29) is 5.91 Å². The Hall–Kier alpha value is -5.05. The molecule has 0 saturated carbocycles. The second-order valence-electron chi connectivity index (χ2n) is 9.48. The Morgan fingerprint density at radius 1 is 1.08 bits per heavy atom. The van der Waals surface area contributed by atoms with Crippen LogP contribution in [0.5, 0.6) is 11.5 Å². The van der Waals surface area contributed by atoms with Crippen LogP contribution in [0.15, 0.2) is 79.9 Å². The Kier molecular flexibility index (Phi) is 6.24. The Balaban J connectivity index is 1.24. The molecule has 0 saturated heterocycles. The van der Waals surface area contributed by atoms with E-state index in [2.05, 4.69) is 32.9 Å². The number of hydrogen-bond donors (Lipinski definition) is 1. The monoisotopic (exact) mass is 517 g/mol. The van der Waals surface area contributed by atoms with E-state index in [1.54, 1.807) is 11.2 Å². The van der Waals surface area contributed by atoms with Crippen molar-refractivity contribution < 1.29 is 9.53 Å². The van der Waals surface area contributed by atoms with Gasteiger partial charge in [-0.15, -0.1) is 0 Å². The highest BCUT2D eigenvalue weighted by Crippen LogP contribution is 2.31. The smallest absolute Gasteiger partial charge is 0.246 e. The lowest BCUT2D eigenvalue weighted by Crippen LogP contribution is -2.34. The van der Waals surface area contributed by atoms with Crippen LogP contribution < -0.4 is 10.1 Å². The van der Waals surface area contributed by atoms with Crippen LogP contribution in [0, 0.1) is 6.92 Å². The number of aromatic nitrogens is 5. The van der Waals surface area contributed by atoms with E-state index in [1.807, 2.05) is 67.1 Å². The van der Waals surface area contributed by atoms with Gasteiger partial charge < -0.3 is 19.5 Å². The van der Waals surface area contributed by atoms with Crippen molar-refractivity contribution in [2.24, 2.45) is 7.05 Å². The first-order chi connectivity index (χ1) is 19.0. The molecule has 0 fully saturated rings. The van der Waals surface area contributed by atoms with Crippen molar-refractivity contribution in [3.63, 3.8) is 0 Å². The number of anilines is 2. The maximum atomic E-state index is 12.1. The summed E-state index contributed by atoms with van der Waals surface area (Å²) in [7, 11) is 1.97. The predicted molar refractivity (Wildman–Crippen MR) is 152 cm³/mol. The van der Waals surface area contributed by atoms with Crippen LogP contribution in [0.3, 0.4) is 0 Å². The lowest BCUT2D eigenvalue weighted by molar-refractivity contribution is -0.125. The number of amides is 1. The van der Waals surface area contributed by atoms with Crippen molar-refractivity contribution >= 4 is 45.1 Å². The first-order valence-corrected chi connectivity index (χ1v) is 12.7. The van der Waals surface area contributed by atoms with E-state index < -0.39 is 0 Å². The topological polar surface area (TPSA) is 98.1 Å². The van der Waals surface area contributed by atoms with Crippen molar-refractivity contribution in [3.05, 3.63) is 91.2 Å². The van der Waals surface area contributed by atoms with E-state index in [4.69, 9.17) is 9.72 Å². The summed E-state index contributed by atoms with van der Waals surface area (Å²) in [5, 5.41) is 3.39. The van der Waals surface area contributed by atoms with Crippen LogP contribution in [0.2, 0.25) is 0 Å². The maximum absolute atomic E-state index is 12.1. The Labute approximate surface area is 225 Å². The van der Waals surface area contributed by atoms with Crippen LogP contribution in [0.25, 0.3) is 27.6 Å². The fourth-order valence-corrected chi connectivity index (χ4v) is 4.74. The number of ether oxygens (including phenoxy) is 1. The Bertz CT molecular complexity index is 1770. The predicted octanol–water partition coefficient (Wildman–Crippen LogP) is 5.56. The molecule has 3 aromatic heterocycles. The van der Waals surface area contributed by atoms with E-state index >= 15 is 0 Å². The van der Waals surface area contributed by atoms with E-state index in [0.717, 1.165) is 57.0 Å². The first kappa shape index (κ1) is 24.3. The van der Waals surface area contributed by atoms with Crippen LogP contribution in [-0.2, 0) is 11.8 Å². The second-order valence-corrected chi connectivity index (χ2v) is 9.48. The van der Waals surface area contributed by atoms with E-state index in [1.165, 1.54) is 12.4 Å². The zero-order valence-electron chi connectivity index (χ0n) is 21.8. The molecule has 39 heavy (non-hydrogen) atoms. The lowest BCUT2D eigenvalue weighted by atomic mass is 10.1. The van der Waals surface area contributed by atoms with Crippen molar-refractivity contribution in [2.75, 3.05) is 18.4 Å². The highest BCUT2D eigenvalue weighted by molar-refractivity contribution is 5.90. The molecule has 0 unspecified atom stereocenters. The number of aryl methyl sites for hydroxylation is 2. The Morgan fingerprint density at radius 2 is 1.97 bits per heavy atom. The van der Waals surface area contributed by atoms with Crippen molar-refractivity contribution in [1.82, 2.24) is 29.4 Å². The molecule has 0 atom stereocenters. The van der Waals surface area contributed by atoms with Crippen LogP contribution in [-0.4, -0.2) is 48.4 Å². The van der Waals surface area contributed by atoms with Crippen LogP contribution >= 0.6 is 0 Å². The van der Waals surface area contributed by atoms with Gasteiger partial charge in [0.05, 0.1) is 28.6 Å². The number of carbonyl (C=O) groups is 1. The zero-order valence-corrected chi connectivity index (χ0v) is 21.8. The summed E-state index contributed by atoms with van der Waals surface area (Å²) in [4.78, 5) is 32.1. The zero-order chi connectivity index (χ0) is 26.9. The number of pyridine rings is 1. The fraction of sp³-hybridized carbons (Fsp3) is 0.167. The number of imidazole rings is 1. The number of benzene rings is 2. The van der Waals surface area contributed by atoms with Gasteiger partial charge in [-0.05, 0) is 73.0 Å². The average molecular weight is 518 g/mol. The molecule has 0 spiro atoms. The summed E-state index contributed by atoms with van der Waals surface area (Å²) in [6.07, 6.45) is 7.57. The molecule has 9 heteroatoms. The van der Waals surface area contributed by atoms with Gasteiger partial charge in [-0.25, -0.2) is 19.9 Å². The normalized spacial score (nSPS) is 13.4. The lowest BCUT2D eigenvalue weighted by Gasteiger charge is -2.26. The number of fused-ring (bicyclic) bond motifs is 2. The van der Waals surface area contributed by atoms with Gasteiger partial charge in [0.25, 0.3) is 0 Å². The Morgan fingerprint density at radius 3 is 2.82 bits per heavy atom. The minimum Gasteiger partial charge on any atom is -0.457 e. The van der Waals surface area contributed by atoms with Gasteiger partial charge in [-0.2, -0.15) is 0 Å². The number of nitrogens with zero attached hydrogens (tertiary/aromatic N) is 6. The van der Waals surface area contributed by atoms with E-state index in [9.17, 15) is 4.79 Å². The third-order valence-corrected chi connectivity index (χ3v) is 6.81. The molecule has 194 valence electrons. The summed E-state index contributed by atoms with van der Waals surface area (Å²) < 4.78 is 8.14. The largest absolute Gasteiger partial charge is 0.457 e. The average Bonchev–Trinajstić information content (AvgIpc) is 3.33. The van der Waals surface area contributed by atoms with Gasteiger partial charge >= 0.3 is 0 Å². The van der Waals surface area contributed by atoms with Gasteiger partial charge in [0, 0.05) is 31.9 Å². The minimum absolute atomic E-state index is 0.0767. The second kappa shape index (κ2) is 10.0. The molecule has 2 aromatic carbocycles. The maximum Gasteiger partial charge on any atom is 0.246 e. The summed E-state index contributed by atoms with van der Waals surface area (Å²) in [5.41, 5.74) is 6.94. The molecule has 4 heterocycles. The summed E-state index contributed by atoms with van der Waals surface area (Å²) in [5.74, 6) is 2.01. The van der Waals surface area contributed by atoms with E-state index in [0.29, 0.717) is 24.4 Å². The molecular formula is C30H27N7O2. The number of nitrogens with one attached hydrogen (secondary N) is 1. The highest BCUT2D eigenvalue weighted by Gasteiger charge is 2.19. The summed E-state index contributed by atoms with van der Waals surface area (Å²) in [6, 6.07) is 15.6. The first-order valence-electron chi connectivity index (χ1n) is 12.7. The molecule has 1 amide bonds. The highest BCUT2D eigenvalue weighted by atomic mass is 16.5. The van der Waals surface area contributed by atoms with Crippen molar-refractivity contribution in [3.8, 4) is 11.5 Å². The van der Waals surface area contributed by atoms with Gasteiger partial charge in [0.2, 0.25) is 5.91 Å².